The molecule has 1 fully saturated rings. The summed E-state index contributed by atoms with van der Waals surface area (Å²) in [5, 5.41) is 3.43. The van der Waals surface area contributed by atoms with Crippen LogP contribution in [0.3, 0.4) is 0 Å². The van der Waals surface area contributed by atoms with Gasteiger partial charge < -0.3 is 10.2 Å². The highest BCUT2D eigenvalue weighted by molar-refractivity contribution is 4.89. The smallest absolute Gasteiger partial charge is 0.0278 e. The number of rotatable bonds is 3. The maximum Gasteiger partial charge on any atom is 0.0278 e. The Hall–Kier alpha value is -0.0800. The van der Waals surface area contributed by atoms with Gasteiger partial charge in [0, 0.05) is 12.1 Å². The van der Waals surface area contributed by atoms with E-state index in [-0.39, 0.29) is 0 Å². The van der Waals surface area contributed by atoms with Crippen molar-refractivity contribution in [2.24, 2.45) is 0 Å². The monoisotopic (exact) mass is 170 g/mol. The summed E-state index contributed by atoms with van der Waals surface area (Å²) in [6.07, 6.45) is 3.95. The first kappa shape index (κ1) is 10.0. The topological polar surface area (TPSA) is 15.3 Å². The van der Waals surface area contributed by atoms with E-state index in [0.717, 1.165) is 0 Å². The van der Waals surface area contributed by atoms with Crippen LogP contribution in [0, 0.1) is 0 Å². The molecule has 72 valence electrons. The zero-order valence-corrected chi connectivity index (χ0v) is 8.69. The Labute approximate surface area is 76.3 Å². The molecule has 0 amide bonds. The summed E-state index contributed by atoms with van der Waals surface area (Å²) in [7, 11) is 2.08. The minimum Gasteiger partial charge on any atom is -0.313 e. The van der Waals surface area contributed by atoms with Crippen molar-refractivity contribution in [1.29, 1.82) is 0 Å². The molecule has 1 N–H and O–H groups in total. The first-order valence-corrected chi connectivity index (χ1v) is 5.11. The van der Waals surface area contributed by atoms with Crippen molar-refractivity contribution in [1.82, 2.24) is 10.2 Å². The number of nitrogens with one attached hydrogen (secondary N) is 1. The van der Waals surface area contributed by atoms with Gasteiger partial charge in [-0.05, 0) is 46.3 Å². The van der Waals surface area contributed by atoms with Crippen molar-refractivity contribution in [3.05, 3.63) is 0 Å². The molecule has 2 nitrogen and oxygen atoms in total. The van der Waals surface area contributed by atoms with Crippen LogP contribution in [0.25, 0.3) is 0 Å². The second-order valence-corrected chi connectivity index (χ2v) is 4.19. The zero-order chi connectivity index (χ0) is 9.03. The Balaban J connectivity index is 2.39. The van der Waals surface area contributed by atoms with Crippen LogP contribution in [0.2, 0.25) is 0 Å². The van der Waals surface area contributed by atoms with Crippen LogP contribution in [-0.4, -0.2) is 37.1 Å². The van der Waals surface area contributed by atoms with Crippen molar-refractivity contribution in [3.63, 3.8) is 0 Å². The summed E-state index contributed by atoms with van der Waals surface area (Å²) in [5.41, 5.74) is 0.368. The lowest BCUT2D eigenvalue weighted by atomic mass is 9.91. The minimum atomic E-state index is 0.368. The van der Waals surface area contributed by atoms with E-state index in [2.05, 4.69) is 31.1 Å². The van der Waals surface area contributed by atoms with Crippen LogP contribution >= 0.6 is 0 Å². The molecule has 1 rings (SSSR count). The Morgan fingerprint density at radius 3 is 2.83 bits per heavy atom. The van der Waals surface area contributed by atoms with Crippen molar-refractivity contribution < 1.29 is 0 Å². The van der Waals surface area contributed by atoms with Gasteiger partial charge in [-0.2, -0.15) is 0 Å². The standard InChI is InChI=1S/C10H22N2/c1-4-7-12-8-5-6-10(2,9-12)11-3/h11H,4-9H2,1-3H3. The number of hydrogen-bond donors (Lipinski definition) is 1. The fourth-order valence-corrected chi connectivity index (χ4v) is 2.06. The molecular formula is C10H22N2. The predicted molar refractivity (Wildman–Crippen MR) is 53.4 cm³/mol. The van der Waals surface area contributed by atoms with Crippen molar-refractivity contribution in [3.8, 4) is 0 Å². The van der Waals surface area contributed by atoms with E-state index in [9.17, 15) is 0 Å². The number of hydrogen-bond acceptors (Lipinski definition) is 2. The van der Waals surface area contributed by atoms with E-state index < -0.39 is 0 Å². The molecule has 1 saturated heterocycles. The van der Waals surface area contributed by atoms with Crippen LogP contribution in [0.1, 0.15) is 33.1 Å². The van der Waals surface area contributed by atoms with Gasteiger partial charge in [-0.3, -0.25) is 0 Å². The van der Waals surface area contributed by atoms with E-state index in [1.54, 1.807) is 0 Å². The SMILES string of the molecule is CCCN1CCCC(C)(NC)C1. The summed E-state index contributed by atoms with van der Waals surface area (Å²) in [6.45, 7) is 8.36. The largest absolute Gasteiger partial charge is 0.313 e. The van der Waals surface area contributed by atoms with Gasteiger partial charge in [0.15, 0.2) is 0 Å². The first-order valence-electron chi connectivity index (χ1n) is 5.11. The average Bonchev–Trinajstić information content (AvgIpc) is 2.05. The third-order valence-electron chi connectivity index (χ3n) is 2.92. The zero-order valence-electron chi connectivity index (χ0n) is 8.69. The summed E-state index contributed by atoms with van der Waals surface area (Å²) in [6, 6.07) is 0. The maximum atomic E-state index is 3.43. The van der Waals surface area contributed by atoms with Crippen molar-refractivity contribution in [2.75, 3.05) is 26.7 Å². The average molecular weight is 170 g/mol. The van der Waals surface area contributed by atoms with Gasteiger partial charge in [0.05, 0.1) is 0 Å². The molecule has 1 atom stereocenters. The van der Waals surface area contributed by atoms with Crippen LogP contribution in [0.4, 0.5) is 0 Å². The highest BCUT2D eigenvalue weighted by Crippen LogP contribution is 2.19. The molecule has 0 radical (unpaired) electrons. The van der Waals surface area contributed by atoms with Gasteiger partial charge in [-0.25, -0.2) is 0 Å². The molecule has 0 saturated carbocycles. The molecule has 2 heteroatoms. The Morgan fingerprint density at radius 2 is 2.25 bits per heavy atom. The van der Waals surface area contributed by atoms with Gasteiger partial charge in [-0.15, -0.1) is 0 Å². The van der Waals surface area contributed by atoms with E-state index in [1.807, 2.05) is 0 Å². The third-order valence-corrected chi connectivity index (χ3v) is 2.92. The fraction of sp³-hybridized carbons (Fsp3) is 1.00. The number of likely N-dealkylation sites (N-methyl/N-ethyl adjacent to an activating group) is 1. The normalized spacial score (nSPS) is 32.2. The molecule has 0 aromatic rings. The molecule has 1 heterocycles. The highest BCUT2D eigenvalue weighted by Gasteiger charge is 2.28. The van der Waals surface area contributed by atoms with Gasteiger partial charge in [-0.1, -0.05) is 6.92 Å². The van der Waals surface area contributed by atoms with Gasteiger partial charge >= 0.3 is 0 Å². The fourth-order valence-electron chi connectivity index (χ4n) is 2.06. The molecular weight excluding hydrogens is 148 g/mol. The highest BCUT2D eigenvalue weighted by atomic mass is 15.2. The summed E-state index contributed by atoms with van der Waals surface area (Å²) in [4.78, 5) is 2.57. The lowest BCUT2D eigenvalue weighted by Gasteiger charge is -2.40. The molecule has 12 heavy (non-hydrogen) atoms. The van der Waals surface area contributed by atoms with Crippen LogP contribution < -0.4 is 5.32 Å². The molecule has 0 aliphatic carbocycles. The van der Waals surface area contributed by atoms with E-state index in [1.165, 1.54) is 38.9 Å². The second kappa shape index (κ2) is 4.24. The molecule has 0 aromatic heterocycles. The lowest BCUT2D eigenvalue weighted by Crippen LogP contribution is -2.53. The van der Waals surface area contributed by atoms with Gasteiger partial charge in [0.25, 0.3) is 0 Å². The molecule has 1 aliphatic heterocycles. The number of nitrogens with zero attached hydrogens (tertiary/aromatic N) is 1. The van der Waals surface area contributed by atoms with Gasteiger partial charge in [0.2, 0.25) is 0 Å². The van der Waals surface area contributed by atoms with E-state index in [4.69, 9.17) is 0 Å². The van der Waals surface area contributed by atoms with Crippen LogP contribution in [0.5, 0.6) is 0 Å². The molecule has 0 bridgehead atoms. The Morgan fingerprint density at radius 1 is 1.50 bits per heavy atom. The number of likely N-dealkylation sites (tertiary alicyclic amines) is 1. The number of piperidine rings is 1. The summed E-state index contributed by atoms with van der Waals surface area (Å²) in [5.74, 6) is 0. The molecule has 0 spiro atoms. The predicted octanol–water partition coefficient (Wildman–Crippen LogP) is 1.47. The maximum absolute atomic E-state index is 3.43. The van der Waals surface area contributed by atoms with Crippen LogP contribution in [-0.2, 0) is 0 Å². The van der Waals surface area contributed by atoms with Crippen LogP contribution in [0.15, 0.2) is 0 Å². The summed E-state index contributed by atoms with van der Waals surface area (Å²) < 4.78 is 0. The van der Waals surface area contributed by atoms with Gasteiger partial charge in [0.1, 0.15) is 0 Å². The lowest BCUT2D eigenvalue weighted by molar-refractivity contribution is 0.139. The minimum absolute atomic E-state index is 0.368. The van der Waals surface area contributed by atoms with E-state index in [0.29, 0.717) is 5.54 Å². The quantitative estimate of drug-likeness (QED) is 0.690. The van der Waals surface area contributed by atoms with Crippen molar-refractivity contribution >= 4 is 0 Å². The first-order chi connectivity index (χ1) is 5.70. The summed E-state index contributed by atoms with van der Waals surface area (Å²) >= 11 is 0. The molecule has 1 unspecified atom stereocenters. The Kier molecular flexibility index (Phi) is 3.53. The third kappa shape index (κ3) is 2.46. The van der Waals surface area contributed by atoms with E-state index >= 15 is 0 Å². The molecule has 0 aromatic carbocycles. The molecule has 1 aliphatic rings. The Bertz CT molecular complexity index is 134. The second-order valence-electron chi connectivity index (χ2n) is 4.19. The van der Waals surface area contributed by atoms with Crippen molar-refractivity contribution in [2.45, 2.75) is 38.6 Å².